The van der Waals surface area contributed by atoms with Crippen molar-refractivity contribution in [1.82, 2.24) is 9.97 Å². The Morgan fingerprint density at radius 3 is 2.47 bits per heavy atom. The molecule has 0 radical (unpaired) electrons. The SMILES string of the molecule is O=c1nccc(-c2ccc(SC(F)F)cc2)[nH]1. The molecule has 0 fully saturated rings. The largest absolute Gasteiger partial charge is 0.345 e. The molecule has 1 heterocycles. The number of hydrogen-bond donors (Lipinski definition) is 1. The number of hydrogen-bond acceptors (Lipinski definition) is 3. The Morgan fingerprint density at radius 2 is 1.88 bits per heavy atom. The Bertz CT molecular complexity index is 554. The number of alkyl halides is 2. The number of rotatable bonds is 3. The van der Waals surface area contributed by atoms with Crippen molar-refractivity contribution in [3.8, 4) is 11.3 Å². The molecule has 0 unspecified atom stereocenters. The van der Waals surface area contributed by atoms with Crippen molar-refractivity contribution in [2.45, 2.75) is 10.7 Å². The van der Waals surface area contributed by atoms with E-state index >= 15 is 0 Å². The van der Waals surface area contributed by atoms with E-state index in [1.807, 2.05) is 0 Å². The van der Waals surface area contributed by atoms with Gasteiger partial charge in [-0.05, 0) is 23.8 Å². The maximum atomic E-state index is 12.1. The van der Waals surface area contributed by atoms with Crippen LogP contribution in [-0.2, 0) is 0 Å². The van der Waals surface area contributed by atoms with Gasteiger partial charge in [0.25, 0.3) is 5.76 Å². The first-order chi connectivity index (χ1) is 8.15. The molecule has 0 spiro atoms. The van der Waals surface area contributed by atoms with Crippen LogP contribution in [0.15, 0.2) is 46.2 Å². The molecule has 2 aromatic rings. The van der Waals surface area contributed by atoms with E-state index in [9.17, 15) is 13.6 Å². The van der Waals surface area contributed by atoms with Crippen molar-refractivity contribution < 1.29 is 8.78 Å². The molecule has 2 rings (SSSR count). The lowest BCUT2D eigenvalue weighted by Crippen LogP contribution is -2.09. The van der Waals surface area contributed by atoms with Crippen LogP contribution in [0.1, 0.15) is 0 Å². The Kier molecular flexibility index (Phi) is 3.53. The van der Waals surface area contributed by atoms with E-state index in [1.54, 1.807) is 30.3 Å². The zero-order valence-corrected chi connectivity index (χ0v) is 9.38. The fraction of sp³-hybridized carbons (Fsp3) is 0.0909. The first-order valence-corrected chi connectivity index (χ1v) is 5.64. The summed E-state index contributed by atoms with van der Waals surface area (Å²) in [6, 6.07) is 8.18. The molecule has 0 amide bonds. The summed E-state index contributed by atoms with van der Waals surface area (Å²) in [5.41, 5.74) is 0.926. The molecule has 6 heteroatoms. The standard InChI is InChI=1S/C11H8F2N2OS/c12-10(13)17-8-3-1-7(2-4-8)9-5-6-14-11(16)15-9/h1-6,10H,(H,14,15,16). The molecule has 17 heavy (non-hydrogen) atoms. The third kappa shape index (κ3) is 3.13. The summed E-state index contributed by atoms with van der Waals surface area (Å²) < 4.78 is 24.2. The normalized spacial score (nSPS) is 10.8. The van der Waals surface area contributed by atoms with Crippen LogP contribution in [0.25, 0.3) is 11.3 Å². The maximum absolute atomic E-state index is 12.1. The average Bonchev–Trinajstić information content (AvgIpc) is 2.29. The second-order valence-electron chi connectivity index (χ2n) is 3.19. The Hall–Kier alpha value is -1.69. The number of halogens is 2. The van der Waals surface area contributed by atoms with Gasteiger partial charge in [-0.1, -0.05) is 23.9 Å². The summed E-state index contributed by atoms with van der Waals surface area (Å²) >= 11 is 0.488. The van der Waals surface area contributed by atoms with Crippen LogP contribution in [0, 0.1) is 0 Å². The third-order valence-corrected chi connectivity index (χ3v) is 2.79. The van der Waals surface area contributed by atoms with Crippen molar-refractivity contribution >= 4 is 11.8 Å². The van der Waals surface area contributed by atoms with Crippen LogP contribution >= 0.6 is 11.8 Å². The second kappa shape index (κ2) is 5.09. The number of thioether (sulfide) groups is 1. The van der Waals surface area contributed by atoms with Crippen molar-refractivity contribution in [1.29, 1.82) is 0 Å². The molecule has 0 aliphatic carbocycles. The number of aromatic nitrogens is 2. The van der Waals surface area contributed by atoms with Crippen LogP contribution in [0.5, 0.6) is 0 Å². The van der Waals surface area contributed by atoms with Gasteiger partial charge in [0.15, 0.2) is 0 Å². The predicted molar refractivity (Wildman–Crippen MR) is 62.2 cm³/mol. The summed E-state index contributed by atoms with van der Waals surface area (Å²) in [5.74, 6) is -2.43. The van der Waals surface area contributed by atoms with Gasteiger partial charge in [0.2, 0.25) is 0 Å². The van der Waals surface area contributed by atoms with Gasteiger partial charge in [-0.3, -0.25) is 0 Å². The fourth-order valence-corrected chi connectivity index (χ4v) is 1.85. The number of nitrogens with zero attached hydrogens (tertiary/aromatic N) is 1. The van der Waals surface area contributed by atoms with Gasteiger partial charge < -0.3 is 4.98 Å². The van der Waals surface area contributed by atoms with Crippen molar-refractivity contribution in [3.63, 3.8) is 0 Å². The summed E-state index contributed by atoms with van der Waals surface area (Å²) in [6.45, 7) is 0. The number of aromatic amines is 1. The van der Waals surface area contributed by atoms with Gasteiger partial charge in [-0.15, -0.1) is 0 Å². The van der Waals surface area contributed by atoms with Crippen molar-refractivity contribution in [2.75, 3.05) is 0 Å². The van der Waals surface area contributed by atoms with Crippen LogP contribution < -0.4 is 5.69 Å². The first-order valence-electron chi connectivity index (χ1n) is 4.76. The van der Waals surface area contributed by atoms with E-state index < -0.39 is 11.4 Å². The number of nitrogens with one attached hydrogen (secondary N) is 1. The van der Waals surface area contributed by atoms with Crippen molar-refractivity contribution in [3.05, 3.63) is 47.0 Å². The number of benzene rings is 1. The molecular weight excluding hydrogens is 246 g/mol. The molecule has 1 N–H and O–H groups in total. The Morgan fingerprint density at radius 1 is 1.18 bits per heavy atom. The lowest BCUT2D eigenvalue weighted by molar-refractivity contribution is 0.252. The molecule has 3 nitrogen and oxygen atoms in total. The number of H-pyrrole nitrogens is 1. The van der Waals surface area contributed by atoms with E-state index in [-0.39, 0.29) is 0 Å². The highest BCUT2D eigenvalue weighted by molar-refractivity contribution is 7.99. The molecular formula is C11H8F2N2OS. The highest BCUT2D eigenvalue weighted by atomic mass is 32.2. The van der Waals surface area contributed by atoms with Crippen LogP contribution in [0.4, 0.5) is 8.78 Å². The van der Waals surface area contributed by atoms with Crippen LogP contribution in [0.2, 0.25) is 0 Å². The highest BCUT2D eigenvalue weighted by Crippen LogP contribution is 2.26. The highest BCUT2D eigenvalue weighted by Gasteiger charge is 2.05. The Balaban J connectivity index is 2.26. The van der Waals surface area contributed by atoms with Crippen molar-refractivity contribution in [2.24, 2.45) is 0 Å². The molecule has 1 aromatic heterocycles. The lowest BCUT2D eigenvalue weighted by atomic mass is 10.1. The molecule has 0 aliphatic rings. The molecule has 1 aromatic carbocycles. The van der Waals surface area contributed by atoms with Gasteiger partial charge >= 0.3 is 5.69 Å². The Labute approximate surface area is 99.9 Å². The van der Waals surface area contributed by atoms with Gasteiger partial charge in [0.1, 0.15) is 0 Å². The molecule has 0 atom stereocenters. The van der Waals surface area contributed by atoms with E-state index in [4.69, 9.17) is 0 Å². The minimum Gasteiger partial charge on any atom is -0.305 e. The van der Waals surface area contributed by atoms with E-state index in [0.29, 0.717) is 22.4 Å². The minimum atomic E-state index is -2.43. The van der Waals surface area contributed by atoms with E-state index in [0.717, 1.165) is 5.56 Å². The summed E-state index contributed by atoms with van der Waals surface area (Å²) in [4.78, 5) is 17.6. The molecule has 0 saturated heterocycles. The van der Waals surface area contributed by atoms with Gasteiger partial charge in [0.05, 0.1) is 5.69 Å². The van der Waals surface area contributed by atoms with Crippen LogP contribution in [-0.4, -0.2) is 15.7 Å². The smallest absolute Gasteiger partial charge is 0.305 e. The van der Waals surface area contributed by atoms with Gasteiger partial charge in [0, 0.05) is 11.1 Å². The lowest BCUT2D eigenvalue weighted by Gasteiger charge is -2.03. The molecule has 0 saturated carbocycles. The third-order valence-electron chi connectivity index (χ3n) is 2.07. The van der Waals surface area contributed by atoms with E-state index in [2.05, 4.69) is 9.97 Å². The topological polar surface area (TPSA) is 45.8 Å². The zero-order valence-electron chi connectivity index (χ0n) is 8.56. The summed E-state index contributed by atoms with van der Waals surface area (Å²) in [5, 5.41) is 0. The van der Waals surface area contributed by atoms with Gasteiger partial charge in [-0.25, -0.2) is 9.78 Å². The second-order valence-corrected chi connectivity index (χ2v) is 4.26. The molecule has 0 aliphatic heterocycles. The van der Waals surface area contributed by atoms with Crippen LogP contribution in [0.3, 0.4) is 0 Å². The predicted octanol–water partition coefficient (Wildman–Crippen LogP) is 2.75. The van der Waals surface area contributed by atoms with Gasteiger partial charge in [-0.2, -0.15) is 8.78 Å². The van der Waals surface area contributed by atoms with E-state index in [1.165, 1.54) is 6.20 Å². The maximum Gasteiger partial charge on any atom is 0.345 e. The monoisotopic (exact) mass is 254 g/mol. The molecule has 0 bridgehead atoms. The first kappa shape index (κ1) is 11.8. The summed E-state index contributed by atoms with van der Waals surface area (Å²) in [7, 11) is 0. The summed E-state index contributed by atoms with van der Waals surface area (Å²) in [6.07, 6.45) is 1.40. The quantitative estimate of drug-likeness (QED) is 0.857. The average molecular weight is 254 g/mol. The fourth-order valence-electron chi connectivity index (χ4n) is 1.35. The minimum absolute atomic E-state index is 0.437. The molecule has 88 valence electrons. The zero-order chi connectivity index (χ0) is 12.3.